The van der Waals surface area contributed by atoms with E-state index in [0.717, 1.165) is 0 Å². The van der Waals surface area contributed by atoms with Crippen molar-refractivity contribution < 1.29 is 15.3 Å². The fourth-order valence-corrected chi connectivity index (χ4v) is 0.418. The van der Waals surface area contributed by atoms with Crippen LogP contribution in [0.3, 0.4) is 0 Å². The summed E-state index contributed by atoms with van der Waals surface area (Å²) in [6, 6.07) is 0. The standard InChI is InChI=1S/C6H11O3/c1-2-3-5(8)6(9)4-7/h1-2,5-9H,3-4H2. The first kappa shape index (κ1) is 8.62. The van der Waals surface area contributed by atoms with Crippen molar-refractivity contribution in [2.75, 3.05) is 6.61 Å². The third-order valence-corrected chi connectivity index (χ3v) is 1.01. The van der Waals surface area contributed by atoms with E-state index in [-0.39, 0.29) is 6.42 Å². The summed E-state index contributed by atoms with van der Waals surface area (Å²) in [4.78, 5) is 0. The second kappa shape index (κ2) is 4.49. The Balaban J connectivity index is 3.44. The van der Waals surface area contributed by atoms with E-state index in [1.54, 1.807) is 0 Å². The van der Waals surface area contributed by atoms with Crippen molar-refractivity contribution in [3.63, 3.8) is 0 Å². The van der Waals surface area contributed by atoms with Gasteiger partial charge >= 0.3 is 0 Å². The van der Waals surface area contributed by atoms with Gasteiger partial charge in [0.05, 0.1) is 12.7 Å². The highest BCUT2D eigenvalue weighted by Gasteiger charge is 2.11. The van der Waals surface area contributed by atoms with Crippen molar-refractivity contribution in [1.82, 2.24) is 0 Å². The molecule has 0 amide bonds. The fourth-order valence-electron chi connectivity index (χ4n) is 0.418. The largest absolute Gasteiger partial charge is 0.394 e. The lowest BCUT2D eigenvalue weighted by molar-refractivity contribution is -0.0120. The smallest absolute Gasteiger partial charge is 0.103 e. The highest BCUT2D eigenvalue weighted by atomic mass is 16.4. The quantitative estimate of drug-likeness (QED) is 0.462. The summed E-state index contributed by atoms with van der Waals surface area (Å²) in [5.41, 5.74) is 0. The number of rotatable bonds is 4. The summed E-state index contributed by atoms with van der Waals surface area (Å²) in [6.07, 6.45) is -0.588. The van der Waals surface area contributed by atoms with Gasteiger partial charge in [0.15, 0.2) is 0 Å². The lowest BCUT2D eigenvalue weighted by atomic mass is 10.1. The van der Waals surface area contributed by atoms with Crippen LogP contribution in [0.15, 0.2) is 6.08 Å². The normalized spacial score (nSPS) is 16.8. The first-order chi connectivity index (χ1) is 4.22. The summed E-state index contributed by atoms with van der Waals surface area (Å²) in [5.74, 6) is 0. The molecular weight excluding hydrogens is 120 g/mol. The Hall–Kier alpha value is -0.380. The van der Waals surface area contributed by atoms with Crippen molar-refractivity contribution in [3.8, 4) is 0 Å². The van der Waals surface area contributed by atoms with Crippen LogP contribution in [-0.4, -0.2) is 34.1 Å². The lowest BCUT2D eigenvalue weighted by Crippen LogP contribution is -2.28. The Kier molecular flexibility index (Phi) is 4.30. The van der Waals surface area contributed by atoms with Gasteiger partial charge in [0.2, 0.25) is 0 Å². The summed E-state index contributed by atoms with van der Waals surface area (Å²) in [5, 5.41) is 25.7. The van der Waals surface area contributed by atoms with Gasteiger partial charge in [-0.1, -0.05) is 12.7 Å². The molecule has 3 heteroatoms. The minimum absolute atomic E-state index is 0.196. The Morgan fingerprint density at radius 2 is 1.89 bits per heavy atom. The molecule has 3 nitrogen and oxygen atoms in total. The summed E-state index contributed by atoms with van der Waals surface area (Å²) < 4.78 is 0. The fraction of sp³-hybridized carbons (Fsp3) is 0.667. The van der Waals surface area contributed by atoms with Gasteiger partial charge in [0.25, 0.3) is 0 Å². The van der Waals surface area contributed by atoms with Crippen molar-refractivity contribution in [2.24, 2.45) is 0 Å². The van der Waals surface area contributed by atoms with Crippen LogP contribution in [0.25, 0.3) is 0 Å². The second-order valence-electron chi connectivity index (χ2n) is 1.79. The molecule has 0 heterocycles. The van der Waals surface area contributed by atoms with Gasteiger partial charge in [0.1, 0.15) is 6.10 Å². The SMILES string of the molecule is [CH]=CCC(O)C(O)CO. The summed E-state index contributed by atoms with van der Waals surface area (Å²) >= 11 is 0. The average Bonchev–Trinajstić information content (AvgIpc) is 1.87. The van der Waals surface area contributed by atoms with Gasteiger partial charge in [0, 0.05) is 0 Å². The topological polar surface area (TPSA) is 60.7 Å². The summed E-state index contributed by atoms with van der Waals surface area (Å²) in [7, 11) is 0. The van der Waals surface area contributed by atoms with Crippen LogP contribution in [0.1, 0.15) is 6.42 Å². The minimum Gasteiger partial charge on any atom is -0.394 e. The number of aliphatic hydroxyl groups excluding tert-OH is 3. The molecule has 0 aliphatic heterocycles. The number of aliphatic hydroxyl groups is 3. The van der Waals surface area contributed by atoms with Crippen molar-refractivity contribution in [1.29, 1.82) is 0 Å². The third-order valence-electron chi connectivity index (χ3n) is 1.01. The second-order valence-corrected chi connectivity index (χ2v) is 1.79. The minimum atomic E-state index is -1.08. The molecule has 0 aliphatic rings. The van der Waals surface area contributed by atoms with Crippen LogP contribution in [0.2, 0.25) is 0 Å². The predicted molar refractivity (Wildman–Crippen MR) is 32.6 cm³/mol. The molecule has 0 saturated carbocycles. The lowest BCUT2D eigenvalue weighted by Gasteiger charge is -2.12. The molecule has 2 unspecified atom stereocenters. The zero-order valence-corrected chi connectivity index (χ0v) is 5.07. The Labute approximate surface area is 54.3 Å². The molecule has 0 bridgehead atoms. The molecular formula is C6H11O3. The zero-order valence-electron chi connectivity index (χ0n) is 5.07. The van der Waals surface area contributed by atoms with Gasteiger partial charge in [-0.2, -0.15) is 0 Å². The molecule has 2 atom stereocenters. The van der Waals surface area contributed by atoms with Crippen LogP contribution in [-0.2, 0) is 0 Å². The highest BCUT2D eigenvalue weighted by molar-refractivity contribution is 4.74. The van der Waals surface area contributed by atoms with Crippen LogP contribution in [0, 0.1) is 6.58 Å². The van der Waals surface area contributed by atoms with Crippen molar-refractivity contribution in [3.05, 3.63) is 12.7 Å². The van der Waals surface area contributed by atoms with E-state index in [4.69, 9.17) is 21.9 Å². The molecule has 0 aromatic rings. The first-order valence-electron chi connectivity index (χ1n) is 2.72. The summed E-state index contributed by atoms with van der Waals surface area (Å²) in [6.45, 7) is 4.51. The molecule has 0 saturated heterocycles. The van der Waals surface area contributed by atoms with E-state index >= 15 is 0 Å². The molecule has 0 spiro atoms. The zero-order chi connectivity index (χ0) is 7.28. The third kappa shape index (κ3) is 3.24. The monoisotopic (exact) mass is 131 g/mol. The van der Waals surface area contributed by atoms with Crippen LogP contribution >= 0.6 is 0 Å². The molecule has 0 rings (SSSR count). The first-order valence-corrected chi connectivity index (χ1v) is 2.72. The van der Waals surface area contributed by atoms with E-state index in [0.29, 0.717) is 0 Å². The van der Waals surface area contributed by atoms with Crippen molar-refractivity contribution >= 4 is 0 Å². The van der Waals surface area contributed by atoms with E-state index < -0.39 is 18.8 Å². The maximum Gasteiger partial charge on any atom is 0.103 e. The maximum absolute atomic E-state index is 8.80. The van der Waals surface area contributed by atoms with Crippen LogP contribution in [0.4, 0.5) is 0 Å². The average molecular weight is 131 g/mol. The molecule has 9 heavy (non-hydrogen) atoms. The molecule has 3 N–H and O–H groups in total. The molecule has 1 radical (unpaired) electrons. The maximum atomic E-state index is 8.80. The van der Waals surface area contributed by atoms with E-state index in [1.807, 2.05) is 0 Å². The van der Waals surface area contributed by atoms with Gasteiger partial charge in [-0.15, -0.1) is 0 Å². The van der Waals surface area contributed by atoms with Gasteiger partial charge in [-0.3, -0.25) is 0 Å². The highest BCUT2D eigenvalue weighted by Crippen LogP contribution is 1.97. The molecule has 0 aromatic carbocycles. The van der Waals surface area contributed by atoms with Crippen molar-refractivity contribution in [2.45, 2.75) is 18.6 Å². The Morgan fingerprint density at radius 3 is 2.22 bits per heavy atom. The van der Waals surface area contributed by atoms with E-state index in [2.05, 4.69) is 0 Å². The molecule has 0 fully saturated rings. The van der Waals surface area contributed by atoms with Gasteiger partial charge in [-0.25, -0.2) is 0 Å². The Bertz CT molecular complexity index is 82.4. The number of hydrogen-bond acceptors (Lipinski definition) is 3. The molecule has 0 aromatic heterocycles. The van der Waals surface area contributed by atoms with Gasteiger partial charge in [-0.05, 0) is 6.42 Å². The van der Waals surface area contributed by atoms with Crippen LogP contribution < -0.4 is 0 Å². The van der Waals surface area contributed by atoms with E-state index in [9.17, 15) is 0 Å². The van der Waals surface area contributed by atoms with Gasteiger partial charge < -0.3 is 15.3 Å². The van der Waals surface area contributed by atoms with E-state index in [1.165, 1.54) is 6.08 Å². The Morgan fingerprint density at radius 1 is 1.33 bits per heavy atom. The molecule has 53 valence electrons. The predicted octanol–water partition coefficient (Wildman–Crippen LogP) is -0.920. The van der Waals surface area contributed by atoms with Crippen LogP contribution in [0.5, 0.6) is 0 Å². The molecule has 0 aliphatic carbocycles. The number of hydrogen-bond donors (Lipinski definition) is 3.